The van der Waals surface area contributed by atoms with E-state index in [-0.39, 0.29) is 57.7 Å². The monoisotopic (exact) mass is 796 g/mol. The van der Waals surface area contributed by atoms with Gasteiger partial charge in [-0.25, -0.2) is 4.79 Å². The second-order valence-corrected chi connectivity index (χ2v) is 14.5. The summed E-state index contributed by atoms with van der Waals surface area (Å²) in [5.74, 6) is -4.76. The predicted molar refractivity (Wildman–Crippen MR) is 215 cm³/mol. The molecule has 4 atom stereocenters. The second kappa shape index (κ2) is 23.2. The molecule has 9 N–H and O–H groups in total. The maximum Gasteiger partial charge on any atom is 0.328 e. The largest absolute Gasteiger partial charge is 0.481 e. The molecule has 1 aliphatic rings. The first kappa shape index (κ1) is 46.3. The lowest BCUT2D eigenvalue weighted by molar-refractivity contribution is -0.145. The zero-order chi connectivity index (χ0) is 42.1. The molecule has 2 aromatic carbocycles. The molecule has 1 heterocycles. The molecular formula is C40H60N8O9. The lowest BCUT2D eigenvalue weighted by Gasteiger charge is -2.30. The molecule has 314 valence electrons. The van der Waals surface area contributed by atoms with Crippen molar-refractivity contribution in [2.75, 3.05) is 52.3 Å². The van der Waals surface area contributed by atoms with Crippen molar-refractivity contribution in [2.24, 2.45) is 11.5 Å². The summed E-state index contributed by atoms with van der Waals surface area (Å²) < 4.78 is 4.79. The topological polar surface area (TPSA) is 256 Å². The number of imide groups is 1. The molecule has 0 bridgehead atoms. The molecule has 5 amide bonds. The van der Waals surface area contributed by atoms with Crippen molar-refractivity contribution in [3.63, 3.8) is 0 Å². The minimum Gasteiger partial charge on any atom is -0.481 e. The fourth-order valence-electron chi connectivity index (χ4n) is 6.66. The average molecular weight is 797 g/mol. The normalized spacial score (nSPS) is 14.4. The Hall–Kier alpha value is -5.13. The van der Waals surface area contributed by atoms with Crippen LogP contribution in [0.25, 0.3) is 10.8 Å². The van der Waals surface area contributed by atoms with Crippen LogP contribution in [0.3, 0.4) is 0 Å². The Labute approximate surface area is 333 Å². The Kier molecular flexibility index (Phi) is 18.8. The number of esters is 1. The van der Waals surface area contributed by atoms with Crippen LogP contribution in [-0.2, 0) is 28.7 Å². The number of hydrogen-bond donors (Lipinski definition) is 7. The third kappa shape index (κ3) is 13.8. The van der Waals surface area contributed by atoms with Gasteiger partial charge >= 0.3 is 11.9 Å². The van der Waals surface area contributed by atoms with Crippen molar-refractivity contribution in [2.45, 2.75) is 102 Å². The Bertz CT molecular complexity index is 1710. The number of nitrogens with zero attached hydrogens (tertiary/aromatic N) is 2. The van der Waals surface area contributed by atoms with E-state index in [0.717, 1.165) is 48.8 Å². The van der Waals surface area contributed by atoms with Gasteiger partial charge in [0.15, 0.2) is 0 Å². The van der Waals surface area contributed by atoms with Crippen LogP contribution < -0.4 is 37.6 Å². The van der Waals surface area contributed by atoms with E-state index in [9.17, 15) is 33.6 Å². The number of hydrogen-bond acceptors (Lipinski definition) is 12. The molecule has 0 radical (unpaired) electrons. The van der Waals surface area contributed by atoms with Crippen molar-refractivity contribution in [1.82, 2.24) is 26.2 Å². The van der Waals surface area contributed by atoms with E-state index in [1.165, 1.54) is 6.42 Å². The molecular weight excluding hydrogens is 736 g/mol. The molecule has 0 fully saturated rings. The summed E-state index contributed by atoms with van der Waals surface area (Å²) in [5.41, 5.74) is 14.0. The third-order valence-corrected chi connectivity index (χ3v) is 9.88. The first-order valence-corrected chi connectivity index (χ1v) is 19.7. The van der Waals surface area contributed by atoms with Gasteiger partial charge in [-0.2, -0.15) is 0 Å². The van der Waals surface area contributed by atoms with E-state index in [1.807, 2.05) is 25.1 Å². The molecule has 0 saturated carbocycles. The number of ether oxygens (including phenoxy) is 1. The van der Waals surface area contributed by atoms with Crippen molar-refractivity contribution in [1.29, 1.82) is 0 Å². The number of carbonyl (C=O) groups excluding carboxylic acids is 6. The molecule has 0 spiro atoms. The van der Waals surface area contributed by atoms with Crippen LogP contribution in [-0.4, -0.2) is 123 Å². The Balaban J connectivity index is 1.71. The summed E-state index contributed by atoms with van der Waals surface area (Å²) in [6.07, 6.45) is 5.08. The summed E-state index contributed by atoms with van der Waals surface area (Å²) in [4.78, 5) is 93.1. The van der Waals surface area contributed by atoms with Crippen molar-refractivity contribution < 1.29 is 43.4 Å². The quantitative estimate of drug-likeness (QED) is 0.0404. The lowest BCUT2D eigenvalue weighted by Crippen LogP contribution is -2.54. The fourth-order valence-corrected chi connectivity index (χ4v) is 6.66. The molecule has 4 unspecified atom stereocenters. The number of aliphatic carboxylic acids is 1. The van der Waals surface area contributed by atoms with Gasteiger partial charge in [0.1, 0.15) is 12.1 Å². The minimum atomic E-state index is -1.25. The van der Waals surface area contributed by atoms with E-state index in [0.29, 0.717) is 29.6 Å². The number of carbonyl (C=O) groups is 7. The standard InChI is InChI=1S/C40H60N8O9/c1-5-6-7-8-11-25(41)24-43-21-18-29(42)36(52)46-30(37(53)44-22-19-31(40(56)57-4)45-33(49)14-10-15-34(50)51)20-23-48-38(54)27-13-9-12-26-32(47(2)3)17-16-28(35(26)27)39(48)55/h9,12-13,16-17,25,29-31,43H,5-8,10-11,14-15,18-24,41-42H2,1-4H3,(H,44,53)(H,45,49)(H,46,52)(H,50,51). The molecule has 1 aliphatic heterocycles. The zero-order valence-electron chi connectivity index (χ0n) is 33.6. The maximum absolute atomic E-state index is 13.8. The van der Waals surface area contributed by atoms with E-state index in [4.69, 9.17) is 21.3 Å². The SMILES string of the molecule is CCCCCCC(N)CNCCC(N)C(=O)NC(CCN1C(=O)c2cccc3c(N(C)C)ccc(c23)C1=O)C(=O)NCCC(NC(=O)CCCC(=O)O)C(=O)OC. The van der Waals surface area contributed by atoms with Gasteiger partial charge in [-0.1, -0.05) is 44.7 Å². The molecule has 0 saturated heterocycles. The number of unbranched alkanes of at least 4 members (excludes halogenated alkanes) is 3. The summed E-state index contributed by atoms with van der Waals surface area (Å²) in [7, 11) is 4.88. The van der Waals surface area contributed by atoms with E-state index in [2.05, 4.69) is 28.2 Å². The van der Waals surface area contributed by atoms with Crippen LogP contribution in [0.5, 0.6) is 0 Å². The Morgan fingerprint density at radius 1 is 0.825 bits per heavy atom. The number of amides is 5. The summed E-state index contributed by atoms with van der Waals surface area (Å²) in [6, 6.07) is 5.30. The number of rotatable bonds is 26. The molecule has 0 aliphatic carbocycles. The highest BCUT2D eigenvalue weighted by Gasteiger charge is 2.35. The van der Waals surface area contributed by atoms with Crippen molar-refractivity contribution in [3.8, 4) is 0 Å². The number of carboxylic acids is 1. The lowest BCUT2D eigenvalue weighted by atomic mass is 9.92. The number of methoxy groups -OCH3 is 1. The molecule has 57 heavy (non-hydrogen) atoms. The van der Waals surface area contributed by atoms with Gasteiger partial charge in [0.25, 0.3) is 11.8 Å². The maximum atomic E-state index is 13.8. The second-order valence-electron chi connectivity index (χ2n) is 14.5. The average Bonchev–Trinajstić information content (AvgIpc) is 3.18. The summed E-state index contributed by atoms with van der Waals surface area (Å²) in [6.45, 7) is 2.76. The molecule has 0 aromatic heterocycles. The predicted octanol–water partition coefficient (Wildman–Crippen LogP) is 1.40. The fraction of sp³-hybridized carbons (Fsp3) is 0.575. The number of anilines is 1. The smallest absolute Gasteiger partial charge is 0.328 e. The number of nitrogens with two attached hydrogens (primary N) is 2. The Morgan fingerprint density at radius 2 is 1.54 bits per heavy atom. The summed E-state index contributed by atoms with van der Waals surface area (Å²) in [5, 5.41) is 21.2. The van der Waals surface area contributed by atoms with Crippen LogP contribution in [0.2, 0.25) is 0 Å². The van der Waals surface area contributed by atoms with Gasteiger partial charge in [-0.3, -0.25) is 33.7 Å². The van der Waals surface area contributed by atoms with Crippen molar-refractivity contribution >= 4 is 57.9 Å². The van der Waals surface area contributed by atoms with Crippen LogP contribution >= 0.6 is 0 Å². The van der Waals surface area contributed by atoms with Gasteiger partial charge < -0.3 is 47.5 Å². The van der Waals surface area contributed by atoms with Gasteiger partial charge in [0.05, 0.1) is 13.2 Å². The van der Waals surface area contributed by atoms with Gasteiger partial charge in [-0.15, -0.1) is 0 Å². The highest BCUT2D eigenvalue weighted by Crippen LogP contribution is 2.35. The van der Waals surface area contributed by atoms with Crippen LogP contribution in [0.15, 0.2) is 30.3 Å². The van der Waals surface area contributed by atoms with Crippen LogP contribution in [0.4, 0.5) is 5.69 Å². The van der Waals surface area contributed by atoms with Gasteiger partial charge in [0, 0.05) is 80.2 Å². The molecule has 3 rings (SSSR count). The highest BCUT2D eigenvalue weighted by molar-refractivity contribution is 6.26. The third-order valence-electron chi connectivity index (χ3n) is 9.88. The number of carboxylic acid groups (broad SMARTS) is 1. The number of nitrogens with one attached hydrogen (secondary N) is 4. The van der Waals surface area contributed by atoms with Crippen LogP contribution in [0, 0.1) is 0 Å². The van der Waals surface area contributed by atoms with Crippen molar-refractivity contribution in [3.05, 3.63) is 41.5 Å². The van der Waals surface area contributed by atoms with E-state index in [1.54, 1.807) is 24.3 Å². The summed E-state index contributed by atoms with van der Waals surface area (Å²) >= 11 is 0. The van der Waals surface area contributed by atoms with Gasteiger partial charge in [0.2, 0.25) is 17.7 Å². The van der Waals surface area contributed by atoms with E-state index >= 15 is 0 Å². The minimum absolute atomic E-state index is 0.0294. The molecule has 17 heteroatoms. The number of benzene rings is 2. The first-order chi connectivity index (χ1) is 27.2. The first-order valence-electron chi connectivity index (χ1n) is 19.7. The molecule has 2 aromatic rings. The Morgan fingerprint density at radius 3 is 2.21 bits per heavy atom. The molecule has 17 nitrogen and oxygen atoms in total. The van der Waals surface area contributed by atoms with E-state index < -0.39 is 59.6 Å². The zero-order valence-corrected chi connectivity index (χ0v) is 33.6. The van der Waals surface area contributed by atoms with Gasteiger partial charge in [-0.05, 0) is 56.8 Å². The highest BCUT2D eigenvalue weighted by atomic mass is 16.5. The van der Waals surface area contributed by atoms with Crippen LogP contribution in [0.1, 0.15) is 98.3 Å².